The zero-order valence-electron chi connectivity index (χ0n) is 15.5. The van der Waals surface area contributed by atoms with Crippen molar-refractivity contribution < 1.29 is 4.79 Å². The molecule has 2 N–H and O–H groups in total. The van der Waals surface area contributed by atoms with E-state index in [0.717, 1.165) is 50.5 Å². The molecular formula is C20H27N5O. The lowest BCUT2D eigenvalue weighted by molar-refractivity contribution is 0.102. The number of anilines is 3. The summed E-state index contributed by atoms with van der Waals surface area (Å²) < 4.78 is 0. The lowest BCUT2D eigenvalue weighted by Gasteiger charge is -2.34. The van der Waals surface area contributed by atoms with Crippen LogP contribution in [-0.2, 0) is 0 Å². The molecule has 1 saturated heterocycles. The van der Waals surface area contributed by atoms with Crippen LogP contribution in [0.4, 0.5) is 17.1 Å². The highest BCUT2D eigenvalue weighted by atomic mass is 16.1. The van der Waals surface area contributed by atoms with Crippen molar-refractivity contribution in [1.29, 1.82) is 0 Å². The summed E-state index contributed by atoms with van der Waals surface area (Å²) in [7, 11) is 2.15. The first kappa shape index (κ1) is 18.2. The molecular weight excluding hydrogens is 326 g/mol. The van der Waals surface area contributed by atoms with Gasteiger partial charge in [-0.1, -0.05) is 6.92 Å². The van der Waals surface area contributed by atoms with E-state index in [4.69, 9.17) is 0 Å². The predicted molar refractivity (Wildman–Crippen MR) is 107 cm³/mol. The number of piperazine rings is 1. The minimum Gasteiger partial charge on any atom is -0.385 e. The van der Waals surface area contributed by atoms with Gasteiger partial charge in [0.05, 0.1) is 0 Å². The standard InChI is InChI=1S/C20H27N5O/c1-3-9-21-17-8-10-22-19(15-17)20(26)23-16-4-6-18(7-5-16)25-13-11-24(2)12-14-25/h4-8,10,15H,3,9,11-14H2,1-2H3,(H,21,22)(H,23,26). The monoisotopic (exact) mass is 353 g/mol. The molecule has 0 unspecified atom stereocenters. The first-order valence-electron chi connectivity index (χ1n) is 9.20. The quantitative estimate of drug-likeness (QED) is 0.836. The van der Waals surface area contributed by atoms with Crippen molar-refractivity contribution in [2.45, 2.75) is 13.3 Å². The van der Waals surface area contributed by atoms with Crippen LogP contribution in [0.25, 0.3) is 0 Å². The molecule has 0 aliphatic carbocycles. The van der Waals surface area contributed by atoms with Gasteiger partial charge in [-0.05, 0) is 49.9 Å². The number of nitrogens with zero attached hydrogens (tertiary/aromatic N) is 3. The predicted octanol–water partition coefficient (Wildman–Crippen LogP) is 2.91. The Morgan fingerprint density at radius 3 is 2.50 bits per heavy atom. The van der Waals surface area contributed by atoms with Gasteiger partial charge in [0.25, 0.3) is 5.91 Å². The molecule has 3 rings (SSSR count). The van der Waals surface area contributed by atoms with Crippen LogP contribution in [0.5, 0.6) is 0 Å². The number of likely N-dealkylation sites (N-methyl/N-ethyl adjacent to an activating group) is 1. The van der Waals surface area contributed by atoms with Gasteiger partial charge in [-0.3, -0.25) is 9.78 Å². The van der Waals surface area contributed by atoms with Crippen LogP contribution in [0, 0.1) is 0 Å². The normalized spacial score (nSPS) is 14.9. The number of carbonyl (C=O) groups excluding carboxylic acids is 1. The van der Waals surface area contributed by atoms with Gasteiger partial charge in [0, 0.05) is 56.0 Å². The van der Waals surface area contributed by atoms with Gasteiger partial charge >= 0.3 is 0 Å². The molecule has 0 saturated carbocycles. The van der Waals surface area contributed by atoms with Crippen molar-refractivity contribution in [3.05, 3.63) is 48.3 Å². The third-order valence-electron chi connectivity index (χ3n) is 4.57. The van der Waals surface area contributed by atoms with E-state index in [2.05, 4.69) is 51.5 Å². The highest BCUT2D eigenvalue weighted by Crippen LogP contribution is 2.20. The lowest BCUT2D eigenvalue weighted by atomic mass is 10.2. The van der Waals surface area contributed by atoms with E-state index in [1.807, 2.05) is 18.2 Å². The molecule has 1 aliphatic rings. The van der Waals surface area contributed by atoms with E-state index in [0.29, 0.717) is 5.69 Å². The third-order valence-corrected chi connectivity index (χ3v) is 4.57. The fourth-order valence-corrected chi connectivity index (χ4v) is 2.95. The molecule has 2 aromatic rings. The summed E-state index contributed by atoms with van der Waals surface area (Å²) in [6, 6.07) is 11.7. The molecule has 138 valence electrons. The Bertz CT molecular complexity index is 723. The van der Waals surface area contributed by atoms with Gasteiger partial charge in [0.2, 0.25) is 0 Å². The summed E-state index contributed by atoms with van der Waals surface area (Å²) in [4.78, 5) is 21.3. The number of nitrogens with one attached hydrogen (secondary N) is 2. The highest BCUT2D eigenvalue weighted by molar-refractivity contribution is 6.03. The largest absolute Gasteiger partial charge is 0.385 e. The number of hydrogen-bond acceptors (Lipinski definition) is 5. The molecule has 1 aliphatic heterocycles. The van der Waals surface area contributed by atoms with Gasteiger partial charge in [-0.15, -0.1) is 0 Å². The van der Waals surface area contributed by atoms with Gasteiger partial charge in [-0.25, -0.2) is 0 Å². The molecule has 0 bridgehead atoms. The molecule has 0 atom stereocenters. The maximum atomic E-state index is 12.4. The average molecular weight is 353 g/mol. The van der Waals surface area contributed by atoms with E-state index in [1.165, 1.54) is 5.69 Å². The molecule has 26 heavy (non-hydrogen) atoms. The van der Waals surface area contributed by atoms with E-state index in [9.17, 15) is 4.79 Å². The highest BCUT2D eigenvalue weighted by Gasteiger charge is 2.14. The number of pyridine rings is 1. The number of hydrogen-bond donors (Lipinski definition) is 2. The summed E-state index contributed by atoms with van der Waals surface area (Å²) in [6.07, 6.45) is 2.69. The average Bonchev–Trinajstić information content (AvgIpc) is 2.68. The Kier molecular flexibility index (Phi) is 6.07. The number of rotatable bonds is 6. The Labute approximate surface area is 155 Å². The van der Waals surface area contributed by atoms with Crippen LogP contribution in [0.1, 0.15) is 23.8 Å². The first-order chi connectivity index (χ1) is 12.7. The van der Waals surface area contributed by atoms with Crippen LogP contribution in [0.3, 0.4) is 0 Å². The molecule has 0 spiro atoms. The number of benzene rings is 1. The zero-order valence-corrected chi connectivity index (χ0v) is 15.5. The number of aromatic nitrogens is 1. The van der Waals surface area contributed by atoms with Crippen molar-refractivity contribution in [2.75, 3.05) is 55.3 Å². The summed E-state index contributed by atoms with van der Waals surface area (Å²) >= 11 is 0. The second kappa shape index (κ2) is 8.67. The van der Waals surface area contributed by atoms with Crippen molar-refractivity contribution in [2.24, 2.45) is 0 Å². The van der Waals surface area contributed by atoms with E-state index >= 15 is 0 Å². The van der Waals surface area contributed by atoms with Crippen LogP contribution in [0.15, 0.2) is 42.6 Å². The molecule has 0 radical (unpaired) electrons. The minimum atomic E-state index is -0.197. The smallest absolute Gasteiger partial charge is 0.274 e. The molecule has 1 aromatic carbocycles. The summed E-state index contributed by atoms with van der Waals surface area (Å²) in [5.41, 5.74) is 3.30. The van der Waals surface area contributed by atoms with E-state index < -0.39 is 0 Å². The minimum absolute atomic E-state index is 0.197. The summed E-state index contributed by atoms with van der Waals surface area (Å²) in [6.45, 7) is 7.19. The van der Waals surface area contributed by atoms with Gasteiger partial charge in [-0.2, -0.15) is 0 Å². The summed E-state index contributed by atoms with van der Waals surface area (Å²) in [5.74, 6) is -0.197. The second-order valence-electron chi connectivity index (χ2n) is 6.65. The fraction of sp³-hybridized carbons (Fsp3) is 0.400. The van der Waals surface area contributed by atoms with Gasteiger partial charge < -0.3 is 20.4 Å². The van der Waals surface area contributed by atoms with Crippen molar-refractivity contribution in [3.63, 3.8) is 0 Å². The first-order valence-corrected chi connectivity index (χ1v) is 9.20. The van der Waals surface area contributed by atoms with Crippen molar-refractivity contribution in [1.82, 2.24) is 9.88 Å². The molecule has 2 heterocycles. The van der Waals surface area contributed by atoms with Crippen LogP contribution < -0.4 is 15.5 Å². The Balaban J connectivity index is 1.61. The van der Waals surface area contributed by atoms with Crippen LogP contribution in [-0.4, -0.2) is 55.6 Å². The van der Waals surface area contributed by atoms with Crippen molar-refractivity contribution in [3.8, 4) is 0 Å². The summed E-state index contributed by atoms with van der Waals surface area (Å²) in [5, 5.41) is 6.19. The lowest BCUT2D eigenvalue weighted by Crippen LogP contribution is -2.44. The SMILES string of the molecule is CCCNc1ccnc(C(=O)Nc2ccc(N3CCN(C)CC3)cc2)c1. The third kappa shape index (κ3) is 4.73. The van der Waals surface area contributed by atoms with E-state index in [1.54, 1.807) is 12.3 Å². The second-order valence-corrected chi connectivity index (χ2v) is 6.65. The van der Waals surface area contributed by atoms with Crippen LogP contribution >= 0.6 is 0 Å². The molecule has 1 aromatic heterocycles. The maximum absolute atomic E-state index is 12.4. The number of carbonyl (C=O) groups is 1. The van der Waals surface area contributed by atoms with Crippen LogP contribution in [0.2, 0.25) is 0 Å². The molecule has 6 heteroatoms. The molecule has 1 amide bonds. The zero-order chi connectivity index (χ0) is 18.4. The Morgan fingerprint density at radius 2 is 1.81 bits per heavy atom. The Hall–Kier alpha value is -2.60. The molecule has 1 fully saturated rings. The van der Waals surface area contributed by atoms with Crippen molar-refractivity contribution >= 4 is 23.0 Å². The van der Waals surface area contributed by atoms with Gasteiger partial charge in [0.15, 0.2) is 0 Å². The number of amides is 1. The van der Waals surface area contributed by atoms with E-state index in [-0.39, 0.29) is 5.91 Å². The Morgan fingerprint density at radius 1 is 1.08 bits per heavy atom. The molecule has 6 nitrogen and oxygen atoms in total. The topological polar surface area (TPSA) is 60.5 Å². The fourth-order valence-electron chi connectivity index (χ4n) is 2.95. The van der Waals surface area contributed by atoms with Gasteiger partial charge in [0.1, 0.15) is 5.69 Å². The maximum Gasteiger partial charge on any atom is 0.274 e.